The van der Waals surface area contributed by atoms with E-state index in [1.54, 1.807) is 19.2 Å². The zero-order valence-electron chi connectivity index (χ0n) is 17.4. The number of methoxy groups -OCH3 is 2. The Kier molecular flexibility index (Phi) is 7.11. The van der Waals surface area contributed by atoms with Crippen LogP contribution in [0.1, 0.15) is 33.8 Å². The van der Waals surface area contributed by atoms with E-state index in [0.717, 1.165) is 49.7 Å². The van der Waals surface area contributed by atoms with Crippen LogP contribution >= 0.6 is 0 Å². The van der Waals surface area contributed by atoms with Crippen molar-refractivity contribution in [3.8, 4) is 5.75 Å². The van der Waals surface area contributed by atoms with Crippen LogP contribution in [0.5, 0.6) is 5.75 Å². The third-order valence-corrected chi connectivity index (χ3v) is 5.36. The Hall–Kier alpha value is -3.02. The first-order valence-corrected chi connectivity index (χ1v) is 9.91. The van der Waals surface area contributed by atoms with Crippen LogP contribution in [0.3, 0.4) is 0 Å². The molecule has 1 fully saturated rings. The van der Waals surface area contributed by atoms with Crippen molar-refractivity contribution in [3.05, 3.63) is 65.2 Å². The zero-order valence-corrected chi connectivity index (χ0v) is 17.4. The fraction of sp³-hybridized carbons (Fsp3) is 0.391. The van der Waals surface area contributed by atoms with Gasteiger partial charge in [0.05, 0.1) is 19.8 Å². The van der Waals surface area contributed by atoms with Gasteiger partial charge in [0.15, 0.2) is 5.96 Å². The lowest BCUT2D eigenvalue weighted by Crippen LogP contribution is -2.40. The first-order chi connectivity index (χ1) is 14.1. The molecule has 1 atom stereocenters. The van der Waals surface area contributed by atoms with Gasteiger partial charge in [-0.2, -0.15) is 0 Å². The molecule has 1 N–H and O–H groups in total. The summed E-state index contributed by atoms with van der Waals surface area (Å²) in [4.78, 5) is 18.3. The number of nitrogens with zero attached hydrogens (tertiary/aromatic N) is 2. The summed E-state index contributed by atoms with van der Waals surface area (Å²) in [6, 6.07) is 15.9. The number of rotatable bonds is 6. The van der Waals surface area contributed by atoms with Crippen molar-refractivity contribution in [2.45, 2.75) is 18.8 Å². The molecule has 2 aromatic rings. The van der Waals surface area contributed by atoms with E-state index in [9.17, 15) is 4.79 Å². The van der Waals surface area contributed by atoms with Crippen molar-refractivity contribution in [1.29, 1.82) is 0 Å². The molecule has 2 aromatic carbocycles. The fourth-order valence-electron chi connectivity index (χ4n) is 3.68. The van der Waals surface area contributed by atoms with Crippen molar-refractivity contribution in [3.63, 3.8) is 0 Å². The van der Waals surface area contributed by atoms with Crippen LogP contribution < -0.4 is 10.1 Å². The average Bonchev–Trinajstić information content (AvgIpc) is 3.26. The fourth-order valence-corrected chi connectivity index (χ4v) is 3.68. The van der Waals surface area contributed by atoms with Crippen molar-refractivity contribution in [2.24, 2.45) is 4.99 Å². The highest BCUT2D eigenvalue weighted by Crippen LogP contribution is 2.28. The van der Waals surface area contributed by atoms with Gasteiger partial charge in [-0.1, -0.05) is 24.3 Å². The second-order valence-electron chi connectivity index (χ2n) is 7.12. The average molecular weight is 396 g/mol. The predicted octanol–water partition coefficient (Wildman–Crippen LogP) is 3.09. The predicted molar refractivity (Wildman–Crippen MR) is 115 cm³/mol. The van der Waals surface area contributed by atoms with Gasteiger partial charge in [0.1, 0.15) is 5.75 Å². The van der Waals surface area contributed by atoms with Crippen LogP contribution in [0.4, 0.5) is 0 Å². The maximum Gasteiger partial charge on any atom is 0.337 e. The Morgan fingerprint density at radius 2 is 1.86 bits per heavy atom. The lowest BCUT2D eigenvalue weighted by atomic mass is 9.98. The van der Waals surface area contributed by atoms with Crippen LogP contribution in [0.2, 0.25) is 0 Å². The van der Waals surface area contributed by atoms with E-state index >= 15 is 0 Å². The minimum absolute atomic E-state index is 0.310. The second kappa shape index (κ2) is 9.96. The van der Waals surface area contributed by atoms with Gasteiger partial charge in [0.2, 0.25) is 0 Å². The minimum atomic E-state index is -0.310. The number of aliphatic imine (C=N–C) groups is 1. The molecule has 154 valence electrons. The van der Waals surface area contributed by atoms with Gasteiger partial charge in [-0.3, -0.25) is 4.99 Å². The highest BCUT2D eigenvalue weighted by Gasteiger charge is 2.25. The Bertz CT molecular complexity index is 831. The first-order valence-electron chi connectivity index (χ1n) is 9.91. The van der Waals surface area contributed by atoms with Gasteiger partial charge in [0.25, 0.3) is 0 Å². The number of carbonyl (C=O) groups is 1. The molecule has 29 heavy (non-hydrogen) atoms. The zero-order chi connectivity index (χ0) is 20.6. The molecule has 3 rings (SSSR count). The van der Waals surface area contributed by atoms with Gasteiger partial charge >= 0.3 is 5.97 Å². The Morgan fingerprint density at radius 1 is 1.14 bits per heavy atom. The molecule has 0 bridgehead atoms. The summed E-state index contributed by atoms with van der Waals surface area (Å²) in [5, 5.41) is 3.46. The number of nitrogens with one attached hydrogen (secondary N) is 1. The highest BCUT2D eigenvalue weighted by molar-refractivity contribution is 5.89. The molecule has 0 amide bonds. The molecule has 1 aliphatic heterocycles. The van der Waals surface area contributed by atoms with E-state index < -0.39 is 0 Å². The number of guanidine groups is 1. The molecule has 0 spiro atoms. The van der Waals surface area contributed by atoms with Gasteiger partial charge in [-0.05, 0) is 48.2 Å². The Balaban J connectivity index is 1.49. The monoisotopic (exact) mass is 395 g/mol. The molecular formula is C23H29N3O3. The number of hydrogen-bond acceptors (Lipinski definition) is 4. The topological polar surface area (TPSA) is 63.2 Å². The quantitative estimate of drug-likeness (QED) is 0.463. The van der Waals surface area contributed by atoms with Crippen molar-refractivity contribution < 1.29 is 14.3 Å². The van der Waals surface area contributed by atoms with Crippen LogP contribution in [0, 0.1) is 0 Å². The molecular weight excluding hydrogens is 366 g/mol. The van der Waals surface area contributed by atoms with E-state index in [2.05, 4.69) is 27.3 Å². The van der Waals surface area contributed by atoms with Crippen molar-refractivity contribution >= 4 is 11.9 Å². The minimum Gasteiger partial charge on any atom is -0.497 e. The van der Waals surface area contributed by atoms with Crippen LogP contribution in [0.15, 0.2) is 53.5 Å². The summed E-state index contributed by atoms with van der Waals surface area (Å²) in [6.45, 7) is 2.73. The molecule has 0 saturated carbocycles. The molecule has 1 heterocycles. The van der Waals surface area contributed by atoms with Crippen molar-refractivity contribution in [2.75, 3.05) is 40.9 Å². The molecule has 0 radical (unpaired) electrons. The highest BCUT2D eigenvalue weighted by atomic mass is 16.5. The molecule has 6 heteroatoms. The van der Waals surface area contributed by atoms with Gasteiger partial charge < -0.3 is 19.7 Å². The lowest BCUT2D eigenvalue weighted by Gasteiger charge is -2.22. The summed E-state index contributed by atoms with van der Waals surface area (Å²) >= 11 is 0. The maximum absolute atomic E-state index is 11.5. The largest absolute Gasteiger partial charge is 0.497 e. The number of likely N-dealkylation sites (tertiary alicyclic amines) is 1. The number of esters is 1. The lowest BCUT2D eigenvalue weighted by molar-refractivity contribution is 0.0600. The normalized spacial score (nSPS) is 16.6. The standard InChI is InChI=1S/C23H29N3O3/c1-24-23(25-14-12-17-4-6-19(7-5-17)22(27)29-3)26-15-13-20(16-26)18-8-10-21(28-2)11-9-18/h4-11,20H,12-16H2,1-3H3,(H,24,25). The summed E-state index contributed by atoms with van der Waals surface area (Å²) < 4.78 is 9.98. The van der Waals surface area contributed by atoms with Crippen LogP contribution in [-0.2, 0) is 11.2 Å². The maximum atomic E-state index is 11.5. The molecule has 1 aliphatic rings. The molecule has 6 nitrogen and oxygen atoms in total. The number of benzene rings is 2. The molecule has 1 saturated heterocycles. The SMILES string of the molecule is CN=C(NCCc1ccc(C(=O)OC)cc1)N1CCC(c2ccc(OC)cc2)C1. The number of hydrogen-bond donors (Lipinski definition) is 1. The van der Waals surface area contributed by atoms with Crippen molar-refractivity contribution in [1.82, 2.24) is 10.2 Å². The molecule has 1 unspecified atom stereocenters. The number of ether oxygens (including phenoxy) is 2. The van der Waals surface area contributed by atoms with E-state index in [0.29, 0.717) is 11.5 Å². The molecule has 0 aromatic heterocycles. The number of carbonyl (C=O) groups excluding carboxylic acids is 1. The van der Waals surface area contributed by atoms with Crippen LogP contribution in [-0.4, -0.2) is 57.7 Å². The summed E-state index contributed by atoms with van der Waals surface area (Å²) in [5.41, 5.74) is 3.08. The smallest absolute Gasteiger partial charge is 0.337 e. The summed E-state index contributed by atoms with van der Waals surface area (Å²) in [6.07, 6.45) is 1.97. The molecule has 0 aliphatic carbocycles. The van der Waals surface area contributed by atoms with Gasteiger partial charge in [-0.25, -0.2) is 4.79 Å². The first kappa shape index (κ1) is 20.7. The van der Waals surface area contributed by atoms with Crippen LogP contribution in [0.25, 0.3) is 0 Å². The third-order valence-electron chi connectivity index (χ3n) is 5.36. The Morgan fingerprint density at radius 3 is 2.48 bits per heavy atom. The third kappa shape index (κ3) is 5.28. The second-order valence-corrected chi connectivity index (χ2v) is 7.12. The summed E-state index contributed by atoms with van der Waals surface area (Å²) in [5.74, 6) is 2.02. The van der Waals surface area contributed by atoms with E-state index in [1.807, 2.05) is 31.3 Å². The van der Waals surface area contributed by atoms with Gasteiger partial charge in [0, 0.05) is 32.6 Å². The summed E-state index contributed by atoms with van der Waals surface area (Å²) in [7, 11) is 4.91. The van der Waals surface area contributed by atoms with Gasteiger partial charge in [-0.15, -0.1) is 0 Å². The van der Waals surface area contributed by atoms with E-state index in [4.69, 9.17) is 9.47 Å². The van der Waals surface area contributed by atoms with E-state index in [1.165, 1.54) is 12.7 Å². The Labute approximate surface area is 172 Å². The van der Waals surface area contributed by atoms with E-state index in [-0.39, 0.29) is 5.97 Å².